The first-order valence-electron chi connectivity index (χ1n) is 11.7. The van der Waals surface area contributed by atoms with E-state index in [1.165, 1.54) is 43.4 Å². The number of nitrogens with zero attached hydrogens (tertiary/aromatic N) is 1. The lowest BCUT2D eigenvalue weighted by molar-refractivity contribution is 0.0344. The maximum absolute atomic E-state index is 12.3. The van der Waals surface area contributed by atoms with Crippen LogP contribution in [0.5, 0.6) is 0 Å². The van der Waals surface area contributed by atoms with Crippen molar-refractivity contribution in [1.82, 2.24) is 4.90 Å². The lowest BCUT2D eigenvalue weighted by atomic mass is 9.81. The topological polar surface area (TPSA) is 61.8 Å². The standard InChI is InChI=1S/C23H36N2O3S/c1-2-3-4-5-6-11-17-21-19(16-10-9-13-25(17)15-16)20(23(26)27)22(29-21)24-18-12-7-8-14-28-18/h16-18,24H,2-15H2,1H3,(H,26,27). The van der Waals surface area contributed by atoms with Crippen LogP contribution in [0, 0.1) is 0 Å². The molecule has 1 aromatic rings. The molecule has 0 radical (unpaired) electrons. The number of nitrogens with one attached hydrogen (secondary N) is 1. The summed E-state index contributed by atoms with van der Waals surface area (Å²) in [6, 6.07) is 0.397. The van der Waals surface area contributed by atoms with E-state index >= 15 is 0 Å². The Hall–Kier alpha value is -1.11. The van der Waals surface area contributed by atoms with Gasteiger partial charge in [0.1, 0.15) is 11.2 Å². The molecule has 0 spiro atoms. The molecule has 4 unspecified atom stereocenters. The molecule has 0 saturated carbocycles. The second kappa shape index (κ2) is 9.80. The fourth-order valence-corrected chi connectivity index (χ4v) is 6.87. The number of rotatable bonds is 9. The number of hydrogen-bond acceptors (Lipinski definition) is 5. The van der Waals surface area contributed by atoms with Crippen molar-refractivity contribution in [3.63, 3.8) is 0 Å². The second-order valence-electron chi connectivity index (χ2n) is 8.94. The third-order valence-electron chi connectivity index (χ3n) is 6.85. The summed E-state index contributed by atoms with van der Waals surface area (Å²) in [5.41, 5.74) is 1.69. The van der Waals surface area contributed by atoms with Crippen molar-refractivity contribution in [2.24, 2.45) is 0 Å². The Morgan fingerprint density at radius 1 is 1.21 bits per heavy atom. The third kappa shape index (κ3) is 4.64. The minimum Gasteiger partial charge on any atom is -0.478 e. The highest BCUT2D eigenvalue weighted by molar-refractivity contribution is 7.16. The normalized spacial score (nSPS) is 28.7. The molecule has 0 aliphatic carbocycles. The molecule has 5 nitrogen and oxygen atoms in total. The van der Waals surface area contributed by atoms with Gasteiger partial charge >= 0.3 is 5.97 Å². The Balaban J connectivity index is 1.59. The fraction of sp³-hybridized carbons (Fsp3) is 0.783. The zero-order valence-electron chi connectivity index (χ0n) is 17.8. The van der Waals surface area contributed by atoms with Crippen LogP contribution >= 0.6 is 11.3 Å². The number of carboxylic acids is 1. The summed E-state index contributed by atoms with van der Waals surface area (Å²) >= 11 is 1.70. The number of anilines is 1. The van der Waals surface area contributed by atoms with E-state index in [0.717, 1.165) is 62.4 Å². The van der Waals surface area contributed by atoms with Gasteiger partial charge in [-0.25, -0.2) is 4.79 Å². The van der Waals surface area contributed by atoms with Crippen LogP contribution in [-0.2, 0) is 4.74 Å². The van der Waals surface area contributed by atoms with E-state index in [-0.39, 0.29) is 6.23 Å². The largest absolute Gasteiger partial charge is 0.478 e. The van der Waals surface area contributed by atoms with Crippen LogP contribution in [0.1, 0.15) is 110 Å². The van der Waals surface area contributed by atoms with Crippen molar-refractivity contribution in [2.45, 2.75) is 95.7 Å². The lowest BCUT2D eigenvalue weighted by Gasteiger charge is -2.43. The van der Waals surface area contributed by atoms with Crippen molar-refractivity contribution in [1.29, 1.82) is 0 Å². The minimum absolute atomic E-state index is 0.0471. The highest BCUT2D eigenvalue weighted by atomic mass is 32.1. The zero-order valence-corrected chi connectivity index (χ0v) is 18.6. The van der Waals surface area contributed by atoms with Crippen molar-refractivity contribution >= 4 is 22.3 Å². The zero-order chi connectivity index (χ0) is 20.2. The molecule has 2 fully saturated rings. The van der Waals surface area contributed by atoms with Gasteiger partial charge in [0.05, 0.1) is 5.56 Å². The van der Waals surface area contributed by atoms with Gasteiger partial charge in [-0.3, -0.25) is 4.90 Å². The molecule has 4 rings (SSSR count). The molecule has 4 atom stereocenters. The number of fused-ring (bicyclic) bond motifs is 4. The van der Waals surface area contributed by atoms with Crippen molar-refractivity contribution in [3.8, 4) is 0 Å². The maximum Gasteiger partial charge on any atom is 0.339 e. The van der Waals surface area contributed by atoms with Gasteiger partial charge in [-0.2, -0.15) is 0 Å². The van der Waals surface area contributed by atoms with Crippen LogP contribution in [-0.4, -0.2) is 41.9 Å². The van der Waals surface area contributed by atoms with Gasteiger partial charge in [0, 0.05) is 24.1 Å². The first-order valence-corrected chi connectivity index (χ1v) is 12.5. The Kier molecular flexibility index (Phi) is 7.14. The summed E-state index contributed by atoms with van der Waals surface area (Å²) in [6.45, 7) is 5.21. The number of piperidine rings is 1. The van der Waals surface area contributed by atoms with E-state index in [0.29, 0.717) is 17.5 Å². The van der Waals surface area contributed by atoms with E-state index in [4.69, 9.17) is 4.74 Å². The van der Waals surface area contributed by atoms with Crippen molar-refractivity contribution in [2.75, 3.05) is 25.0 Å². The molecular formula is C23H36N2O3S. The average molecular weight is 421 g/mol. The van der Waals surface area contributed by atoms with E-state index < -0.39 is 5.97 Å². The van der Waals surface area contributed by atoms with Crippen LogP contribution in [0.3, 0.4) is 0 Å². The number of unbranched alkanes of at least 4 members (excludes halogenated alkanes) is 4. The Bertz CT molecular complexity index is 699. The highest BCUT2D eigenvalue weighted by Gasteiger charge is 2.41. The molecule has 4 heterocycles. The predicted molar refractivity (Wildman–Crippen MR) is 118 cm³/mol. The maximum atomic E-state index is 12.3. The number of aromatic carboxylic acids is 1. The minimum atomic E-state index is -0.776. The Morgan fingerprint density at radius 2 is 2.07 bits per heavy atom. The quantitative estimate of drug-likeness (QED) is 0.481. The van der Waals surface area contributed by atoms with E-state index in [2.05, 4.69) is 17.1 Å². The predicted octanol–water partition coefficient (Wildman–Crippen LogP) is 5.98. The number of carbonyl (C=O) groups is 1. The van der Waals surface area contributed by atoms with Gasteiger partial charge in [0.25, 0.3) is 0 Å². The molecule has 6 heteroatoms. The summed E-state index contributed by atoms with van der Waals surface area (Å²) in [7, 11) is 0. The summed E-state index contributed by atoms with van der Waals surface area (Å²) in [5, 5.41) is 14.4. The molecule has 3 aliphatic rings. The summed E-state index contributed by atoms with van der Waals surface area (Å²) < 4.78 is 5.86. The lowest BCUT2D eigenvalue weighted by Crippen LogP contribution is -2.41. The van der Waals surface area contributed by atoms with Crippen LogP contribution in [0.25, 0.3) is 0 Å². The van der Waals surface area contributed by atoms with E-state index in [1.807, 2.05) is 0 Å². The molecule has 2 N–H and O–H groups in total. The molecule has 2 bridgehead atoms. The van der Waals surface area contributed by atoms with Gasteiger partial charge in [-0.1, -0.05) is 39.0 Å². The molecule has 2 saturated heterocycles. The van der Waals surface area contributed by atoms with E-state index in [1.54, 1.807) is 11.3 Å². The summed E-state index contributed by atoms with van der Waals surface area (Å²) in [4.78, 5) is 16.3. The first-order chi connectivity index (χ1) is 14.2. The van der Waals surface area contributed by atoms with Gasteiger partial charge in [-0.05, 0) is 56.6 Å². The van der Waals surface area contributed by atoms with Gasteiger partial charge in [-0.15, -0.1) is 11.3 Å². The van der Waals surface area contributed by atoms with Crippen LogP contribution < -0.4 is 5.32 Å². The molecule has 29 heavy (non-hydrogen) atoms. The molecule has 0 amide bonds. The SMILES string of the molecule is CCCCCCCC1c2sc(NC3CCCCO3)c(C(=O)O)c2C2CCCN1C2. The Morgan fingerprint density at radius 3 is 2.83 bits per heavy atom. The van der Waals surface area contributed by atoms with Crippen LogP contribution in [0.4, 0.5) is 5.00 Å². The molecule has 3 aliphatic heterocycles. The molecule has 0 aromatic carbocycles. The van der Waals surface area contributed by atoms with Gasteiger partial charge in [0.2, 0.25) is 0 Å². The van der Waals surface area contributed by atoms with E-state index in [9.17, 15) is 9.90 Å². The molecule has 1 aromatic heterocycles. The van der Waals surface area contributed by atoms with Crippen LogP contribution in [0.2, 0.25) is 0 Å². The van der Waals surface area contributed by atoms with Crippen LogP contribution in [0.15, 0.2) is 0 Å². The second-order valence-corrected chi connectivity index (χ2v) is 9.99. The summed E-state index contributed by atoms with van der Waals surface area (Å²) in [6.07, 6.45) is 13.0. The number of ether oxygens (including phenoxy) is 1. The smallest absolute Gasteiger partial charge is 0.339 e. The Labute approximate surface area is 178 Å². The average Bonchev–Trinajstić information content (AvgIpc) is 3.10. The third-order valence-corrected chi connectivity index (χ3v) is 8.08. The van der Waals surface area contributed by atoms with Gasteiger partial charge in [0.15, 0.2) is 0 Å². The number of hydrogen-bond donors (Lipinski definition) is 2. The molecular weight excluding hydrogens is 384 g/mol. The van der Waals surface area contributed by atoms with Crippen molar-refractivity contribution in [3.05, 3.63) is 16.0 Å². The number of thiophene rings is 1. The summed E-state index contributed by atoms with van der Waals surface area (Å²) in [5.74, 6) is -0.401. The monoisotopic (exact) mass is 420 g/mol. The fourth-order valence-electron chi connectivity index (χ4n) is 5.37. The van der Waals surface area contributed by atoms with Gasteiger partial charge < -0.3 is 15.2 Å². The number of carboxylic acid groups (broad SMARTS) is 1. The first kappa shape index (κ1) is 21.1. The van der Waals surface area contributed by atoms with Crippen molar-refractivity contribution < 1.29 is 14.6 Å². The highest BCUT2D eigenvalue weighted by Crippen LogP contribution is 2.51. The molecule has 162 valence electrons.